The molecule has 2 heterocycles. The second-order valence-corrected chi connectivity index (χ2v) is 8.93. The number of aromatic nitrogens is 1. The number of carbonyl (C=O) groups is 1. The van der Waals surface area contributed by atoms with Crippen molar-refractivity contribution in [2.45, 2.75) is 27.3 Å². The van der Waals surface area contributed by atoms with Crippen LogP contribution in [0.1, 0.15) is 25.0 Å². The minimum atomic E-state index is -0.353. The summed E-state index contributed by atoms with van der Waals surface area (Å²) in [6.07, 6.45) is 1.67. The zero-order chi connectivity index (χ0) is 24.5. The van der Waals surface area contributed by atoms with Gasteiger partial charge in [0, 0.05) is 53.4 Å². The SMILES string of the molecule is CCN(CC)C(=O)Oc1ccc2c(ccn2Cc2cc3c(cc2Cl)OCO3)c1-c1ccc(C)cc1. The molecule has 0 spiro atoms. The van der Waals surface area contributed by atoms with Gasteiger partial charge in [-0.3, -0.25) is 0 Å². The molecule has 0 bridgehead atoms. The van der Waals surface area contributed by atoms with Crippen LogP contribution in [0.2, 0.25) is 5.02 Å². The van der Waals surface area contributed by atoms with Gasteiger partial charge in [0.15, 0.2) is 11.5 Å². The molecule has 0 saturated carbocycles. The number of halogens is 1. The monoisotopic (exact) mass is 490 g/mol. The highest BCUT2D eigenvalue weighted by atomic mass is 35.5. The van der Waals surface area contributed by atoms with E-state index in [0.717, 1.165) is 33.2 Å². The van der Waals surface area contributed by atoms with Crippen LogP contribution in [0.25, 0.3) is 22.0 Å². The Labute approximate surface area is 209 Å². The van der Waals surface area contributed by atoms with E-state index in [2.05, 4.69) is 41.8 Å². The van der Waals surface area contributed by atoms with Gasteiger partial charge in [-0.2, -0.15) is 0 Å². The fourth-order valence-electron chi connectivity index (χ4n) is 4.40. The van der Waals surface area contributed by atoms with Gasteiger partial charge in [0.05, 0.1) is 0 Å². The lowest BCUT2D eigenvalue weighted by Crippen LogP contribution is -2.33. The standard InChI is InChI=1S/C28H27ClN2O4/c1-4-30(5-2)28(32)35-24-11-10-23-21(27(24)19-8-6-18(3)7-9-19)12-13-31(23)16-20-14-25-26(15-22(20)29)34-17-33-25/h6-15H,4-5,16-17H2,1-3H3. The van der Waals surface area contributed by atoms with Crippen molar-refractivity contribution < 1.29 is 19.0 Å². The van der Waals surface area contributed by atoms with Crippen molar-refractivity contribution in [3.05, 3.63) is 76.9 Å². The molecule has 1 aliphatic rings. The van der Waals surface area contributed by atoms with Crippen LogP contribution in [-0.2, 0) is 6.54 Å². The van der Waals surface area contributed by atoms with Crippen LogP contribution < -0.4 is 14.2 Å². The molecule has 6 nitrogen and oxygen atoms in total. The molecular weight excluding hydrogens is 464 g/mol. The van der Waals surface area contributed by atoms with Crippen LogP contribution in [0, 0.1) is 6.92 Å². The van der Waals surface area contributed by atoms with Crippen molar-refractivity contribution in [1.29, 1.82) is 0 Å². The second kappa shape index (κ2) is 9.55. The lowest BCUT2D eigenvalue weighted by Gasteiger charge is -2.20. The minimum absolute atomic E-state index is 0.205. The first-order valence-electron chi connectivity index (χ1n) is 11.7. The normalized spacial score (nSPS) is 12.2. The molecule has 0 unspecified atom stereocenters. The Morgan fingerprint density at radius 2 is 1.74 bits per heavy atom. The molecule has 180 valence electrons. The summed E-state index contributed by atoms with van der Waals surface area (Å²) in [5.74, 6) is 1.90. The number of rotatable bonds is 6. The summed E-state index contributed by atoms with van der Waals surface area (Å²) in [6, 6.07) is 17.9. The van der Waals surface area contributed by atoms with Crippen LogP contribution in [0.5, 0.6) is 17.2 Å². The van der Waals surface area contributed by atoms with Gasteiger partial charge in [-0.15, -0.1) is 0 Å². The largest absolute Gasteiger partial charge is 0.454 e. The first-order chi connectivity index (χ1) is 17.0. The maximum atomic E-state index is 12.8. The molecule has 0 N–H and O–H groups in total. The van der Waals surface area contributed by atoms with Gasteiger partial charge in [0.2, 0.25) is 6.79 Å². The Morgan fingerprint density at radius 1 is 1.03 bits per heavy atom. The summed E-state index contributed by atoms with van der Waals surface area (Å²) in [7, 11) is 0. The molecule has 0 radical (unpaired) electrons. The van der Waals surface area contributed by atoms with Crippen LogP contribution in [0.4, 0.5) is 4.79 Å². The first-order valence-corrected chi connectivity index (χ1v) is 12.1. The molecule has 0 aliphatic carbocycles. The maximum absolute atomic E-state index is 12.8. The van der Waals surface area contributed by atoms with E-state index in [-0.39, 0.29) is 12.9 Å². The number of amides is 1. The summed E-state index contributed by atoms with van der Waals surface area (Å²) in [4.78, 5) is 14.4. The van der Waals surface area contributed by atoms with Crippen molar-refractivity contribution in [2.24, 2.45) is 0 Å². The fourth-order valence-corrected chi connectivity index (χ4v) is 4.61. The van der Waals surface area contributed by atoms with E-state index in [1.807, 2.05) is 38.2 Å². The molecule has 1 aliphatic heterocycles. The number of hydrogen-bond donors (Lipinski definition) is 0. The summed E-state index contributed by atoms with van der Waals surface area (Å²) < 4.78 is 19.0. The summed E-state index contributed by atoms with van der Waals surface area (Å²) in [5, 5.41) is 1.62. The Hall–Kier alpha value is -3.64. The average molecular weight is 491 g/mol. The van der Waals surface area contributed by atoms with E-state index >= 15 is 0 Å². The molecule has 5 rings (SSSR count). The van der Waals surface area contributed by atoms with E-state index in [4.69, 9.17) is 25.8 Å². The second-order valence-electron chi connectivity index (χ2n) is 8.52. The van der Waals surface area contributed by atoms with Gasteiger partial charge in [-0.1, -0.05) is 41.4 Å². The smallest absolute Gasteiger partial charge is 0.415 e. The van der Waals surface area contributed by atoms with Crippen LogP contribution in [-0.4, -0.2) is 35.4 Å². The predicted molar refractivity (Wildman–Crippen MR) is 138 cm³/mol. The number of hydrogen-bond acceptors (Lipinski definition) is 4. The molecule has 7 heteroatoms. The predicted octanol–water partition coefficient (Wildman–Crippen LogP) is 6.89. The van der Waals surface area contributed by atoms with Gasteiger partial charge in [-0.25, -0.2) is 4.79 Å². The molecule has 0 atom stereocenters. The lowest BCUT2D eigenvalue weighted by atomic mass is 9.99. The van der Waals surface area contributed by atoms with Gasteiger partial charge >= 0.3 is 6.09 Å². The molecule has 1 aromatic heterocycles. The molecule has 35 heavy (non-hydrogen) atoms. The molecule has 4 aromatic rings. The van der Waals surface area contributed by atoms with Crippen molar-refractivity contribution in [3.8, 4) is 28.4 Å². The number of aryl methyl sites for hydroxylation is 1. The first kappa shape index (κ1) is 23.1. The van der Waals surface area contributed by atoms with Crippen molar-refractivity contribution >= 4 is 28.6 Å². The number of fused-ring (bicyclic) bond motifs is 2. The third-order valence-electron chi connectivity index (χ3n) is 6.36. The van der Waals surface area contributed by atoms with Gasteiger partial charge in [0.1, 0.15) is 5.75 Å². The number of benzene rings is 3. The topological polar surface area (TPSA) is 52.9 Å². The zero-order valence-corrected chi connectivity index (χ0v) is 20.8. The number of ether oxygens (including phenoxy) is 3. The van der Waals surface area contributed by atoms with Gasteiger partial charge < -0.3 is 23.7 Å². The Morgan fingerprint density at radius 3 is 2.46 bits per heavy atom. The van der Waals surface area contributed by atoms with Crippen molar-refractivity contribution in [1.82, 2.24) is 9.47 Å². The molecular formula is C28H27ClN2O4. The van der Waals surface area contributed by atoms with E-state index in [0.29, 0.717) is 41.9 Å². The molecule has 1 amide bonds. The van der Waals surface area contributed by atoms with Crippen LogP contribution >= 0.6 is 11.6 Å². The highest BCUT2D eigenvalue weighted by Gasteiger charge is 2.20. The van der Waals surface area contributed by atoms with E-state index < -0.39 is 0 Å². The van der Waals surface area contributed by atoms with Crippen molar-refractivity contribution in [3.63, 3.8) is 0 Å². The lowest BCUT2D eigenvalue weighted by molar-refractivity contribution is 0.157. The third kappa shape index (κ3) is 4.42. The zero-order valence-electron chi connectivity index (χ0n) is 20.0. The minimum Gasteiger partial charge on any atom is -0.454 e. The summed E-state index contributed by atoms with van der Waals surface area (Å²) >= 11 is 6.55. The Bertz CT molecular complexity index is 1390. The average Bonchev–Trinajstić information content (AvgIpc) is 3.47. The van der Waals surface area contributed by atoms with Crippen LogP contribution in [0.15, 0.2) is 60.8 Å². The highest BCUT2D eigenvalue weighted by molar-refractivity contribution is 6.31. The van der Waals surface area contributed by atoms with Gasteiger partial charge in [-0.05, 0) is 56.2 Å². The fraction of sp³-hybridized carbons (Fsp3) is 0.250. The maximum Gasteiger partial charge on any atom is 0.415 e. The van der Waals surface area contributed by atoms with Crippen molar-refractivity contribution in [2.75, 3.05) is 19.9 Å². The van der Waals surface area contributed by atoms with Crippen LogP contribution in [0.3, 0.4) is 0 Å². The summed E-state index contributed by atoms with van der Waals surface area (Å²) in [5.41, 5.74) is 4.98. The number of nitrogens with zero attached hydrogens (tertiary/aromatic N) is 2. The van der Waals surface area contributed by atoms with Gasteiger partial charge in [0.25, 0.3) is 0 Å². The van der Waals surface area contributed by atoms with E-state index in [9.17, 15) is 4.79 Å². The third-order valence-corrected chi connectivity index (χ3v) is 6.71. The summed E-state index contributed by atoms with van der Waals surface area (Å²) in [6.45, 7) is 7.87. The number of carbonyl (C=O) groups excluding carboxylic acids is 1. The quantitative estimate of drug-likeness (QED) is 0.295. The van der Waals surface area contributed by atoms with E-state index in [1.54, 1.807) is 11.0 Å². The molecule has 0 saturated heterocycles. The van der Waals surface area contributed by atoms with E-state index in [1.165, 1.54) is 0 Å². The highest BCUT2D eigenvalue weighted by Crippen LogP contribution is 2.40. The Balaban J connectivity index is 1.58. The molecule has 3 aromatic carbocycles. The Kier molecular flexibility index (Phi) is 6.31. The molecule has 0 fully saturated rings.